The van der Waals surface area contributed by atoms with Crippen LogP contribution in [0.15, 0.2) is 45.8 Å². The molecule has 0 amide bonds. The molecule has 0 aliphatic carbocycles. The Bertz CT molecular complexity index is 1040. The smallest absolute Gasteiger partial charge is 0.487 e. The topological polar surface area (TPSA) is 67.9 Å². The molecule has 0 saturated carbocycles. The molecule has 12 heteroatoms. The third kappa shape index (κ3) is 5.93. The Morgan fingerprint density at radius 2 is 1.93 bits per heavy atom. The van der Waals surface area contributed by atoms with Crippen LogP contribution in [0.4, 0.5) is 18.9 Å². The Morgan fingerprint density at radius 1 is 1.20 bits per heavy atom. The minimum absolute atomic E-state index is 0.0848. The number of hydrogen-bond donors (Lipinski definition) is 1. The van der Waals surface area contributed by atoms with E-state index in [1.165, 1.54) is 24.3 Å². The van der Waals surface area contributed by atoms with Crippen molar-refractivity contribution in [3.63, 3.8) is 0 Å². The molecule has 1 heterocycles. The highest BCUT2D eigenvalue weighted by Gasteiger charge is 2.34. The molecule has 6 nitrogen and oxygen atoms in total. The molecule has 1 unspecified atom stereocenters. The summed E-state index contributed by atoms with van der Waals surface area (Å²) >= 11 is 9.15. The quantitative estimate of drug-likeness (QED) is 0.578. The fourth-order valence-electron chi connectivity index (χ4n) is 2.95. The summed E-state index contributed by atoms with van der Waals surface area (Å²) in [6, 6.07) is 7.45. The van der Waals surface area contributed by atoms with Gasteiger partial charge in [0.15, 0.2) is 5.75 Å². The molecule has 2 aromatic carbocycles. The summed E-state index contributed by atoms with van der Waals surface area (Å²) in [6.07, 6.45) is -4.36. The first-order valence-electron chi connectivity index (χ1n) is 8.66. The van der Waals surface area contributed by atoms with Crippen molar-refractivity contribution in [3.05, 3.63) is 45.9 Å². The van der Waals surface area contributed by atoms with Crippen LogP contribution in [0.1, 0.15) is 6.42 Å². The predicted molar refractivity (Wildman–Crippen MR) is 110 cm³/mol. The maximum atomic E-state index is 12.7. The number of rotatable bonds is 6. The lowest BCUT2D eigenvalue weighted by atomic mass is 10.3. The average molecular weight is 530 g/mol. The van der Waals surface area contributed by atoms with Gasteiger partial charge in [0.2, 0.25) is 0 Å². The van der Waals surface area contributed by atoms with Gasteiger partial charge in [0, 0.05) is 23.6 Å². The van der Waals surface area contributed by atoms with Crippen molar-refractivity contribution in [1.29, 1.82) is 0 Å². The molecule has 0 spiro atoms. The Balaban J connectivity index is 1.86. The van der Waals surface area contributed by atoms with Crippen LogP contribution in [0, 0.1) is 0 Å². The Morgan fingerprint density at radius 3 is 2.57 bits per heavy atom. The summed E-state index contributed by atoms with van der Waals surface area (Å²) in [5.41, 5.74) is 0.0848. The van der Waals surface area contributed by atoms with Crippen LogP contribution >= 0.6 is 27.5 Å². The van der Waals surface area contributed by atoms with Crippen molar-refractivity contribution in [2.45, 2.75) is 23.8 Å². The first kappa shape index (κ1) is 23.0. The standard InChI is InChI=1S/C18H17BrClF3N2O4S/c1-25-7-6-13(10-25)28-15-9-12(3-4-14(15)20)24-30(26,27)17-5-2-11(19)8-16(17)29-18(21,22)23/h2-5,8-9,13,24H,6-7,10H2,1H3. The van der Waals surface area contributed by atoms with Crippen LogP contribution in [0.3, 0.4) is 0 Å². The van der Waals surface area contributed by atoms with E-state index in [0.29, 0.717) is 6.54 Å². The molecular formula is C18H17BrClF3N2O4S. The normalized spacial score (nSPS) is 17.7. The molecule has 1 aliphatic heterocycles. The zero-order chi connectivity index (χ0) is 22.1. The van der Waals surface area contributed by atoms with E-state index in [-0.39, 0.29) is 27.0 Å². The van der Waals surface area contributed by atoms with Gasteiger partial charge in [-0.1, -0.05) is 27.5 Å². The van der Waals surface area contributed by atoms with Gasteiger partial charge in [-0.05, 0) is 43.8 Å². The van der Waals surface area contributed by atoms with Crippen LogP contribution in [-0.2, 0) is 10.0 Å². The van der Waals surface area contributed by atoms with Crippen LogP contribution in [0.2, 0.25) is 5.02 Å². The average Bonchev–Trinajstić information content (AvgIpc) is 3.01. The van der Waals surface area contributed by atoms with Crippen molar-refractivity contribution in [2.24, 2.45) is 0 Å². The van der Waals surface area contributed by atoms with E-state index in [0.717, 1.165) is 25.1 Å². The van der Waals surface area contributed by atoms with Crippen LogP contribution < -0.4 is 14.2 Å². The van der Waals surface area contributed by atoms with Gasteiger partial charge in [0.1, 0.15) is 16.7 Å². The number of nitrogens with one attached hydrogen (secondary N) is 1. The molecule has 1 fully saturated rings. The molecule has 0 bridgehead atoms. The summed E-state index contributed by atoms with van der Waals surface area (Å²) in [7, 11) is -2.45. The zero-order valence-electron chi connectivity index (χ0n) is 15.5. The van der Waals surface area contributed by atoms with E-state index in [4.69, 9.17) is 16.3 Å². The summed E-state index contributed by atoms with van der Waals surface area (Å²) in [4.78, 5) is 1.42. The second-order valence-corrected chi connectivity index (χ2v) is 9.65. The molecule has 1 atom stereocenters. The summed E-state index contributed by atoms with van der Waals surface area (Å²) < 4.78 is 75.8. The highest BCUT2D eigenvalue weighted by atomic mass is 79.9. The Labute approximate surface area is 185 Å². The van der Waals surface area contributed by atoms with Crippen molar-refractivity contribution in [2.75, 3.05) is 24.9 Å². The fourth-order valence-corrected chi connectivity index (χ4v) is 4.61. The third-order valence-corrected chi connectivity index (χ3v) is 6.47. The first-order chi connectivity index (χ1) is 13.9. The van der Waals surface area contributed by atoms with Gasteiger partial charge >= 0.3 is 6.36 Å². The van der Waals surface area contributed by atoms with Crippen molar-refractivity contribution >= 4 is 43.2 Å². The summed E-state index contributed by atoms with van der Waals surface area (Å²) in [5, 5.41) is 0.289. The largest absolute Gasteiger partial charge is 0.573 e. The number of nitrogens with zero attached hydrogens (tertiary/aromatic N) is 1. The summed E-state index contributed by atoms with van der Waals surface area (Å²) in [6.45, 7) is 1.56. The van der Waals surface area contributed by atoms with Gasteiger partial charge in [-0.15, -0.1) is 13.2 Å². The van der Waals surface area contributed by atoms with Gasteiger partial charge in [-0.3, -0.25) is 4.72 Å². The molecule has 1 saturated heterocycles. The fraction of sp³-hybridized carbons (Fsp3) is 0.333. The van der Waals surface area contributed by atoms with Gasteiger partial charge in [-0.25, -0.2) is 8.42 Å². The lowest BCUT2D eigenvalue weighted by Crippen LogP contribution is -2.22. The van der Waals surface area contributed by atoms with Crippen LogP contribution in [-0.4, -0.2) is 45.9 Å². The van der Waals surface area contributed by atoms with Crippen LogP contribution in [0.5, 0.6) is 11.5 Å². The molecule has 1 N–H and O–H groups in total. The van der Waals surface area contributed by atoms with Crippen LogP contribution in [0.25, 0.3) is 0 Å². The molecule has 0 radical (unpaired) electrons. The SMILES string of the molecule is CN1CCC(Oc2cc(NS(=O)(=O)c3ccc(Br)cc3OC(F)(F)F)ccc2Cl)C1. The molecular weight excluding hydrogens is 513 g/mol. The second-order valence-electron chi connectivity index (χ2n) is 6.68. The number of alkyl halides is 3. The lowest BCUT2D eigenvalue weighted by molar-refractivity contribution is -0.275. The monoisotopic (exact) mass is 528 g/mol. The third-order valence-electron chi connectivity index (χ3n) is 4.25. The number of benzene rings is 2. The lowest BCUT2D eigenvalue weighted by Gasteiger charge is -2.17. The molecule has 1 aliphatic rings. The molecule has 0 aromatic heterocycles. The molecule has 30 heavy (non-hydrogen) atoms. The number of ether oxygens (including phenoxy) is 2. The van der Waals surface area contributed by atoms with Crippen molar-refractivity contribution < 1.29 is 31.1 Å². The molecule has 3 rings (SSSR count). The van der Waals surface area contributed by atoms with Gasteiger partial charge in [-0.2, -0.15) is 0 Å². The van der Waals surface area contributed by atoms with E-state index in [1.54, 1.807) is 0 Å². The van der Waals surface area contributed by atoms with Crippen molar-refractivity contribution in [1.82, 2.24) is 4.90 Å². The number of hydrogen-bond acceptors (Lipinski definition) is 5. The second kappa shape index (κ2) is 8.81. The highest BCUT2D eigenvalue weighted by molar-refractivity contribution is 9.10. The van der Waals surface area contributed by atoms with E-state index < -0.39 is 27.0 Å². The zero-order valence-corrected chi connectivity index (χ0v) is 18.7. The summed E-state index contributed by atoms with van der Waals surface area (Å²) in [5.74, 6) is -0.580. The molecule has 2 aromatic rings. The Kier molecular flexibility index (Phi) is 6.75. The van der Waals surface area contributed by atoms with E-state index in [1.807, 2.05) is 7.05 Å². The minimum Gasteiger partial charge on any atom is -0.487 e. The predicted octanol–water partition coefficient (Wildman–Crippen LogP) is 4.88. The number of likely N-dealkylation sites (tertiary alicyclic amines) is 1. The van der Waals surface area contributed by atoms with Crippen molar-refractivity contribution in [3.8, 4) is 11.5 Å². The highest BCUT2D eigenvalue weighted by Crippen LogP contribution is 2.35. The molecule has 164 valence electrons. The number of halogens is 5. The van der Waals surface area contributed by atoms with Gasteiger partial charge < -0.3 is 14.4 Å². The first-order valence-corrected chi connectivity index (χ1v) is 11.3. The maximum absolute atomic E-state index is 12.7. The number of sulfonamides is 1. The van der Waals surface area contributed by atoms with Gasteiger partial charge in [0.25, 0.3) is 10.0 Å². The number of likely N-dealkylation sites (N-methyl/N-ethyl adjacent to an activating group) is 1. The minimum atomic E-state index is -5.05. The van der Waals surface area contributed by atoms with E-state index in [2.05, 4.69) is 30.3 Å². The maximum Gasteiger partial charge on any atom is 0.573 e. The number of anilines is 1. The van der Waals surface area contributed by atoms with Gasteiger partial charge in [0.05, 0.1) is 10.7 Å². The van der Waals surface area contributed by atoms with E-state index in [9.17, 15) is 21.6 Å². The Hall–Kier alpha value is -1.69. The van der Waals surface area contributed by atoms with E-state index >= 15 is 0 Å².